The Labute approximate surface area is 101 Å². The largest absolute Gasteiger partial charge is 0.313 e. The lowest BCUT2D eigenvalue weighted by Crippen LogP contribution is -2.56. The van der Waals surface area contributed by atoms with Gasteiger partial charge in [-0.05, 0) is 26.0 Å². The lowest BCUT2D eigenvalue weighted by atomic mass is 9.99. The normalized spacial score (nSPS) is 24.0. The zero-order valence-electron chi connectivity index (χ0n) is 10.3. The fourth-order valence-corrected chi connectivity index (χ4v) is 2.49. The molecule has 0 spiro atoms. The second-order valence-corrected chi connectivity index (χ2v) is 5.32. The van der Waals surface area contributed by atoms with Gasteiger partial charge in [0.25, 0.3) is 0 Å². The van der Waals surface area contributed by atoms with Crippen LogP contribution in [0.5, 0.6) is 0 Å². The summed E-state index contributed by atoms with van der Waals surface area (Å²) in [6.07, 6.45) is 4.04. The molecule has 0 aliphatic carbocycles. The van der Waals surface area contributed by atoms with Gasteiger partial charge in [-0.25, -0.2) is 4.98 Å². The summed E-state index contributed by atoms with van der Waals surface area (Å²) in [5.41, 5.74) is 2.36. The first kappa shape index (κ1) is 10.7. The second-order valence-electron chi connectivity index (χ2n) is 5.32. The molecule has 0 saturated carbocycles. The Morgan fingerprint density at radius 1 is 1.41 bits per heavy atom. The van der Waals surface area contributed by atoms with E-state index >= 15 is 0 Å². The number of imidazole rings is 1. The molecule has 2 aromatic heterocycles. The van der Waals surface area contributed by atoms with Crippen LogP contribution in [0.15, 0.2) is 30.6 Å². The maximum Gasteiger partial charge on any atom is 0.136 e. The van der Waals surface area contributed by atoms with Gasteiger partial charge in [0, 0.05) is 24.8 Å². The molecule has 4 heteroatoms. The fourth-order valence-electron chi connectivity index (χ4n) is 2.49. The molecule has 1 fully saturated rings. The van der Waals surface area contributed by atoms with E-state index in [1.54, 1.807) is 0 Å². The Morgan fingerprint density at radius 2 is 2.29 bits per heavy atom. The van der Waals surface area contributed by atoms with E-state index in [2.05, 4.69) is 40.1 Å². The van der Waals surface area contributed by atoms with Gasteiger partial charge in [-0.1, -0.05) is 6.07 Å². The summed E-state index contributed by atoms with van der Waals surface area (Å²) in [5.74, 6) is 0. The SMILES string of the molecule is CC1(C)CNCC(c2cnc3ccccn23)N1. The molecule has 2 aromatic rings. The van der Waals surface area contributed by atoms with Gasteiger partial charge in [0.15, 0.2) is 0 Å². The summed E-state index contributed by atoms with van der Waals surface area (Å²) in [4.78, 5) is 4.44. The van der Waals surface area contributed by atoms with Crippen LogP contribution in [0.3, 0.4) is 0 Å². The lowest BCUT2D eigenvalue weighted by Gasteiger charge is -2.37. The Hall–Kier alpha value is -1.39. The van der Waals surface area contributed by atoms with E-state index in [0.717, 1.165) is 18.7 Å². The average molecular weight is 230 g/mol. The van der Waals surface area contributed by atoms with Crippen LogP contribution in [0.2, 0.25) is 0 Å². The molecule has 0 aromatic carbocycles. The van der Waals surface area contributed by atoms with Crippen molar-refractivity contribution in [3.05, 3.63) is 36.3 Å². The molecule has 90 valence electrons. The zero-order chi connectivity index (χ0) is 11.9. The highest BCUT2D eigenvalue weighted by Gasteiger charge is 2.28. The maximum absolute atomic E-state index is 4.44. The van der Waals surface area contributed by atoms with Gasteiger partial charge < -0.3 is 15.0 Å². The van der Waals surface area contributed by atoms with E-state index in [1.165, 1.54) is 5.69 Å². The van der Waals surface area contributed by atoms with E-state index in [9.17, 15) is 0 Å². The van der Waals surface area contributed by atoms with E-state index in [0.29, 0.717) is 6.04 Å². The summed E-state index contributed by atoms with van der Waals surface area (Å²) >= 11 is 0. The molecular weight excluding hydrogens is 212 g/mol. The monoisotopic (exact) mass is 230 g/mol. The molecule has 0 radical (unpaired) electrons. The summed E-state index contributed by atoms with van der Waals surface area (Å²) < 4.78 is 2.15. The zero-order valence-corrected chi connectivity index (χ0v) is 10.3. The summed E-state index contributed by atoms with van der Waals surface area (Å²) in [6, 6.07) is 6.41. The minimum atomic E-state index is 0.127. The molecule has 1 saturated heterocycles. The highest BCUT2D eigenvalue weighted by atomic mass is 15.2. The molecule has 0 bridgehead atoms. The summed E-state index contributed by atoms with van der Waals surface area (Å²) in [5, 5.41) is 7.14. The number of pyridine rings is 1. The Morgan fingerprint density at radius 3 is 3.12 bits per heavy atom. The first-order valence-electron chi connectivity index (χ1n) is 6.06. The van der Waals surface area contributed by atoms with Crippen molar-refractivity contribution in [2.24, 2.45) is 0 Å². The van der Waals surface area contributed by atoms with Gasteiger partial charge in [-0.3, -0.25) is 0 Å². The Balaban J connectivity index is 1.98. The van der Waals surface area contributed by atoms with Gasteiger partial charge in [0.1, 0.15) is 5.65 Å². The smallest absolute Gasteiger partial charge is 0.136 e. The van der Waals surface area contributed by atoms with Crippen LogP contribution < -0.4 is 10.6 Å². The van der Waals surface area contributed by atoms with Crippen molar-refractivity contribution >= 4 is 5.65 Å². The Bertz CT molecular complexity index is 529. The van der Waals surface area contributed by atoms with Gasteiger partial charge >= 0.3 is 0 Å². The molecular formula is C13H18N4. The van der Waals surface area contributed by atoms with Gasteiger partial charge in [0.05, 0.1) is 17.9 Å². The summed E-state index contributed by atoms with van der Waals surface area (Å²) in [7, 11) is 0. The Kier molecular flexibility index (Phi) is 2.42. The van der Waals surface area contributed by atoms with Crippen molar-refractivity contribution in [2.75, 3.05) is 13.1 Å². The molecule has 1 unspecified atom stereocenters. The third-order valence-electron chi connectivity index (χ3n) is 3.28. The van der Waals surface area contributed by atoms with Crippen LogP contribution in [0.1, 0.15) is 25.6 Å². The van der Waals surface area contributed by atoms with Crippen molar-refractivity contribution in [3.63, 3.8) is 0 Å². The van der Waals surface area contributed by atoms with Gasteiger partial charge in [-0.2, -0.15) is 0 Å². The number of nitrogens with one attached hydrogen (secondary N) is 2. The first-order valence-corrected chi connectivity index (χ1v) is 6.06. The number of hydrogen-bond donors (Lipinski definition) is 2. The molecule has 3 heterocycles. The number of nitrogens with zero attached hydrogens (tertiary/aromatic N) is 2. The molecule has 3 rings (SSSR count). The molecule has 4 nitrogen and oxygen atoms in total. The highest BCUT2D eigenvalue weighted by molar-refractivity contribution is 5.40. The lowest BCUT2D eigenvalue weighted by molar-refractivity contribution is 0.261. The van der Waals surface area contributed by atoms with E-state index in [-0.39, 0.29) is 5.54 Å². The van der Waals surface area contributed by atoms with Crippen molar-refractivity contribution in [1.82, 2.24) is 20.0 Å². The average Bonchev–Trinajstić information content (AvgIpc) is 2.71. The highest BCUT2D eigenvalue weighted by Crippen LogP contribution is 2.20. The minimum absolute atomic E-state index is 0.127. The maximum atomic E-state index is 4.44. The molecule has 1 aliphatic rings. The van der Waals surface area contributed by atoms with Crippen LogP contribution in [-0.4, -0.2) is 28.0 Å². The number of hydrogen-bond acceptors (Lipinski definition) is 3. The topological polar surface area (TPSA) is 41.4 Å². The van der Waals surface area contributed by atoms with Crippen LogP contribution >= 0.6 is 0 Å². The van der Waals surface area contributed by atoms with Crippen molar-refractivity contribution in [3.8, 4) is 0 Å². The third-order valence-corrected chi connectivity index (χ3v) is 3.28. The number of fused-ring (bicyclic) bond motifs is 1. The van der Waals surface area contributed by atoms with E-state index in [4.69, 9.17) is 0 Å². The van der Waals surface area contributed by atoms with Crippen LogP contribution in [0.25, 0.3) is 5.65 Å². The number of piperazine rings is 1. The molecule has 0 amide bonds. The van der Waals surface area contributed by atoms with Crippen molar-refractivity contribution in [1.29, 1.82) is 0 Å². The predicted octanol–water partition coefficient (Wildman–Crippen LogP) is 1.35. The van der Waals surface area contributed by atoms with Gasteiger partial charge in [-0.15, -0.1) is 0 Å². The van der Waals surface area contributed by atoms with Crippen LogP contribution in [0, 0.1) is 0 Å². The fraction of sp³-hybridized carbons (Fsp3) is 0.462. The van der Waals surface area contributed by atoms with E-state index in [1.807, 2.05) is 24.4 Å². The van der Waals surface area contributed by atoms with Crippen LogP contribution in [0.4, 0.5) is 0 Å². The molecule has 2 N–H and O–H groups in total. The molecule has 1 aliphatic heterocycles. The molecule has 17 heavy (non-hydrogen) atoms. The number of rotatable bonds is 1. The van der Waals surface area contributed by atoms with Crippen molar-refractivity contribution < 1.29 is 0 Å². The number of aromatic nitrogens is 2. The quantitative estimate of drug-likeness (QED) is 0.777. The van der Waals surface area contributed by atoms with Gasteiger partial charge in [0.2, 0.25) is 0 Å². The van der Waals surface area contributed by atoms with E-state index < -0.39 is 0 Å². The summed E-state index contributed by atoms with van der Waals surface area (Å²) in [6.45, 7) is 6.39. The molecule has 1 atom stereocenters. The van der Waals surface area contributed by atoms with Crippen LogP contribution in [-0.2, 0) is 0 Å². The standard InChI is InChI=1S/C13H18N4/c1-13(2)9-14-7-10(16-13)11-8-15-12-5-3-4-6-17(11)12/h3-6,8,10,14,16H,7,9H2,1-2H3. The predicted molar refractivity (Wildman–Crippen MR) is 68.0 cm³/mol. The second kappa shape index (κ2) is 3.82. The van der Waals surface area contributed by atoms with Crippen molar-refractivity contribution in [2.45, 2.75) is 25.4 Å². The third kappa shape index (κ3) is 1.94. The minimum Gasteiger partial charge on any atom is -0.313 e. The first-order chi connectivity index (χ1) is 8.16.